The molecule has 0 saturated carbocycles. The summed E-state index contributed by atoms with van der Waals surface area (Å²) in [6, 6.07) is 2.18. The van der Waals surface area contributed by atoms with E-state index in [0.29, 0.717) is 0 Å². The van der Waals surface area contributed by atoms with E-state index in [2.05, 4.69) is 10.4 Å². The van der Waals surface area contributed by atoms with Gasteiger partial charge in [-0.2, -0.15) is 5.10 Å². The van der Waals surface area contributed by atoms with Gasteiger partial charge in [0.15, 0.2) is 0 Å². The van der Waals surface area contributed by atoms with Crippen LogP contribution in [0, 0.1) is 0 Å². The van der Waals surface area contributed by atoms with Crippen molar-refractivity contribution in [3.8, 4) is 0 Å². The summed E-state index contributed by atoms with van der Waals surface area (Å²) in [5.41, 5.74) is 0. The highest BCUT2D eigenvalue weighted by atomic mass is 16.2. The highest BCUT2D eigenvalue weighted by Gasteiger charge is 2.24. The van der Waals surface area contributed by atoms with Crippen molar-refractivity contribution >= 4 is 5.91 Å². The molecule has 1 aromatic heterocycles. The molecule has 1 aromatic rings. The molecule has 0 aliphatic rings. The summed E-state index contributed by atoms with van der Waals surface area (Å²) in [6.45, 7) is 11.6. The topological polar surface area (TPSA) is 50.2 Å². The zero-order valence-corrected chi connectivity index (χ0v) is 12.6. The molecule has 108 valence electrons. The molecule has 0 fully saturated rings. The molecular formula is C14H26N4O. The van der Waals surface area contributed by atoms with E-state index >= 15 is 0 Å². The van der Waals surface area contributed by atoms with Crippen molar-refractivity contribution in [2.75, 3.05) is 6.54 Å². The number of hydrogen-bond acceptors (Lipinski definition) is 3. The molecule has 5 nitrogen and oxygen atoms in total. The van der Waals surface area contributed by atoms with Gasteiger partial charge < -0.3 is 10.2 Å². The Labute approximate surface area is 116 Å². The smallest absolute Gasteiger partial charge is 0.239 e. The predicted octanol–water partition coefficient (Wildman–Crippen LogP) is 1.51. The summed E-state index contributed by atoms with van der Waals surface area (Å²) in [5, 5.41) is 7.39. The van der Waals surface area contributed by atoms with E-state index in [1.807, 2.05) is 56.5 Å². The Hall–Kier alpha value is -1.36. The number of carbonyl (C=O) groups excluding carboxylic acids is 1. The van der Waals surface area contributed by atoms with Crippen molar-refractivity contribution in [1.82, 2.24) is 20.0 Å². The normalized spacial score (nSPS) is 13.0. The minimum Gasteiger partial charge on any atom is -0.337 e. The molecule has 0 aliphatic carbocycles. The van der Waals surface area contributed by atoms with Gasteiger partial charge in [0.2, 0.25) is 5.91 Å². The van der Waals surface area contributed by atoms with Crippen molar-refractivity contribution in [2.24, 2.45) is 0 Å². The zero-order valence-electron chi connectivity index (χ0n) is 12.6. The summed E-state index contributed by atoms with van der Waals surface area (Å²) < 4.78 is 1.85. The van der Waals surface area contributed by atoms with Crippen LogP contribution in [0.3, 0.4) is 0 Å². The Bertz CT molecular complexity index is 365. The third-order valence-electron chi connectivity index (χ3n) is 3.09. The monoisotopic (exact) mass is 266 g/mol. The Morgan fingerprint density at radius 3 is 2.37 bits per heavy atom. The first-order valence-corrected chi connectivity index (χ1v) is 6.96. The van der Waals surface area contributed by atoms with E-state index < -0.39 is 0 Å². The summed E-state index contributed by atoms with van der Waals surface area (Å²) in [4.78, 5) is 14.3. The molecule has 0 saturated heterocycles. The van der Waals surface area contributed by atoms with Crippen molar-refractivity contribution < 1.29 is 4.79 Å². The van der Waals surface area contributed by atoms with Crippen LogP contribution in [0.1, 0.15) is 34.6 Å². The van der Waals surface area contributed by atoms with Gasteiger partial charge in [-0.25, -0.2) is 0 Å². The average Bonchev–Trinajstić information content (AvgIpc) is 2.80. The maximum atomic E-state index is 12.4. The molecule has 0 spiro atoms. The predicted molar refractivity (Wildman–Crippen MR) is 76.8 cm³/mol. The molecule has 0 unspecified atom stereocenters. The third kappa shape index (κ3) is 4.67. The number of aromatic nitrogens is 2. The molecule has 1 atom stereocenters. The van der Waals surface area contributed by atoms with Crippen LogP contribution >= 0.6 is 0 Å². The summed E-state index contributed by atoms with van der Waals surface area (Å²) in [5.74, 6) is 0.158. The summed E-state index contributed by atoms with van der Waals surface area (Å²) >= 11 is 0. The fourth-order valence-electron chi connectivity index (χ4n) is 2.24. The highest BCUT2D eigenvalue weighted by molar-refractivity contribution is 5.82. The van der Waals surface area contributed by atoms with Crippen molar-refractivity contribution in [1.29, 1.82) is 0 Å². The SMILES string of the molecule is CC(C)N(C(=O)[C@H](C)NCCn1cccn1)C(C)C. The standard InChI is InChI=1S/C14H26N4O/c1-11(2)18(12(3)4)14(19)13(5)15-8-10-17-9-6-7-16-17/h6-7,9,11-13,15H,8,10H2,1-5H3/t13-/m0/s1. The second kappa shape index (κ2) is 7.28. The highest BCUT2D eigenvalue weighted by Crippen LogP contribution is 2.07. The third-order valence-corrected chi connectivity index (χ3v) is 3.09. The van der Waals surface area contributed by atoms with E-state index in [1.165, 1.54) is 0 Å². The van der Waals surface area contributed by atoms with Crippen LogP contribution in [0.4, 0.5) is 0 Å². The maximum Gasteiger partial charge on any atom is 0.239 e. The van der Waals surface area contributed by atoms with Gasteiger partial charge in [-0.1, -0.05) is 0 Å². The summed E-state index contributed by atoms with van der Waals surface area (Å²) in [6.07, 6.45) is 3.68. The fourth-order valence-corrected chi connectivity index (χ4v) is 2.24. The number of nitrogens with zero attached hydrogens (tertiary/aromatic N) is 3. The number of hydrogen-bond donors (Lipinski definition) is 1. The van der Waals surface area contributed by atoms with E-state index in [9.17, 15) is 4.79 Å². The Morgan fingerprint density at radius 2 is 1.89 bits per heavy atom. The second-order valence-corrected chi connectivity index (χ2v) is 5.38. The first kappa shape index (κ1) is 15.7. The van der Waals surface area contributed by atoms with E-state index in [0.717, 1.165) is 13.1 Å². The van der Waals surface area contributed by atoms with Crippen LogP contribution in [0.5, 0.6) is 0 Å². The van der Waals surface area contributed by atoms with Crippen LogP contribution in [0.25, 0.3) is 0 Å². The Balaban J connectivity index is 2.43. The maximum absolute atomic E-state index is 12.4. The first-order chi connectivity index (χ1) is 8.93. The van der Waals surface area contributed by atoms with Gasteiger partial charge in [0, 0.05) is 31.0 Å². The van der Waals surface area contributed by atoms with Gasteiger partial charge in [0.25, 0.3) is 0 Å². The lowest BCUT2D eigenvalue weighted by atomic mass is 10.2. The zero-order chi connectivity index (χ0) is 14.4. The van der Waals surface area contributed by atoms with Gasteiger partial charge in [-0.3, -0.25) is 9.48 Å². The number of nitrogens with one attached hydrogen (secondary N) is 1. The van der Waals surface area contributed by atoms with Gasteiger partial charge in [0.05, 0.1) is 12.6 Å². The van der Waals surface area contributed by atoms with E-state index in [-0.39, 0.29) is 24.0 Å². The average molecular weight is 266 g/mol. The van der Waals surface area contributed by atoms with Gasteiger partial charge in [-0.15, -0.1) is 0 Å². The van der Waals surface area contributed by atoms with Crippen LogP contribution < -0.4 is 5.32 Å². The van der Waals surface area contributed by atoms with Crippen molar-refractivity contribution in [2.45, 2.75) is 59.3 Å². The number of carbonyl (C=O) groups is 1. The molecular weight excluding hydrogens is 240 g/mol. The molecule has 0 aliphatic heterocycles. The van der Waals surface area contributed by atoms with Gasteiger partial charge in [0.1, 0.15) is 0 Å². The lowest BCUT2D eigenvalue weighted by Crippen LogP contribution is -2.51. The largest absolute Gasteiger partial charge is 0.337 e. The molecule has 1 N–H and O–H groups in total. The number of rotatable bonds is 7. The quantitative estimate of drug-likeness (QED) is 0.814. The molecule has 1 amide bonds. The molecule has 1 rings (SSSR count). The minimum atomic E-state index is -0.166. The molecule has 0 radical (unpaired) electrons. The molecule has 5 heteroatoms. The van der Waals surface area contributed by atoms with Crippen LogP contribution in [0.2, 0.25) is 0 Å². The van der Waals surface area contributed by atoms with Crippen LogP contribution in [-0.4, -0.2) is 45.3 Å². The molecule has 19 heavy (non-hydrogen) atoms. The number of amides is 1. The minimum absolute atomic E-state index is 0.158. The lowest BCUT2D eigenvalue weighted by Gasteiger charge is -2.33. The van der Waals surface area contributed by atoms with Crippen molar-refractivity contribution in [3.05, 3.63) is 18.5 Å². The van der Waals surface area contributed by atoms with E-state index in [4.69, 9.17) is 0 Å². The first-order valence-electron chi connectivity index (χ1n) is 6.96. The van der Waals surface area contributed by atoms with Crippen LogP contribution in [0.15, 0.2) is 18.5 Å². The van der Waals surface area contributed by atoms with E-state index in [1.54, 1.807) is 6.20 Å². The summed E-state index contributed by atoms with van der Waals surface area (Å²) in [7, 11) is 0. The van der Waals surface area contributed by atoms with Gasteiger partial charge >= 0.3 is 0 Å². The fraction of sp³-hybridized carbons (Fsp3) is 0.714. The molecule has 0 aromatic carbocycles. The van der Waals surface area contributed by atoms with Crippen LogP contribution in [-0.2, 0) is 11.3 Å². The van der Waals surface area contributed by atoms with Gasteiger partial charge in [-0.05, 0) is 40.7 Å². The Kier molecular flexibility index (Phi) is 6.02. The molecule has 1 heterocycles. The van der Waals surface area contributed by atoms with Crippen molar-refractivity contribution in [3.63, 3.8) is 0 Å². The molecule has 0 bridgehead atoms. The second-order valence-electron chi connectivity index (χ2n) is 5.38. The Morgan fingerprint density at radius 1 is 1.26 bits per heavy atom. The lowest BCUT2D eigenvalue weighted by molar-refractivity contribution is -0.136.